The number of carbonyl (C=O) groups excluding carboxylic acids is 1. The number of rotatable bonds is 6. The Hall–Kier alpha value is -2.89. The first-order chi connectivity index (χ1) is 14.2. The molecule has 0 radical (unpaired) electrons. The minimum atomic E-state index is -4.59. The number of ether oxygens (including phenoxy) is 1. The number of nitro groups is 1. The van der Waals surface area contributed by atoms with E-state index in [0.717, 1.165) is 24.2 Å². The Morgan fingerprint density at radius 2 is 2.03 bits per heavy atom. The molecule has 1 aliphatic rings. The summed E-state index contributed by atoms with van der Waals surface area (Å²) in [7, 11) is 1.29. The predicted octanol–water partition coefficient (Wildman–Crippen LogP) is 4.02. The van der Waals surface area contributed by atoms with Crippen LogP contribution in [0.25, 0.3) is 0 Å². The molecule has 2 aromatic rings. The molecule has 8 nitrogen and oxygen atoms in total. The molecule has 0 aliphatic heterocycles. The Labute approximate surface area is 173 Å². The molecule has 1 heterocycles. The van der Waals surface area contributed by atoms with Gasteiger partial charge in [-0.05, 0) is 31.7 Å². The molecule has 1 aliphatic carbocycles. The third-order valence-electron chi connectivity index (χ3n) is 4.43. The molecule has 0 saturated heterocycles. The minimum absolute atomic E-state index is 0.0898. The number of benzene rings is 1. The molecule has 160 valence electrons. The van der Waals surface area contributed by atoms with Crippen molar-refractivity contribution in [3.05, 3.63) is 45.3 Å². The van der Waals surface area contributed by atoms with Crippen LogP contribution in [-0.4, -0.2) is 33.7 Å². The Balaban J connectivity index is 1.73. The van der Waals surface area contributed by atoms with E-state index in [1.807, 2.05) is 0 Å². The highest BCUT2D eigenvalue weighted by Gasteiger charge is 2.38. The van der Waals surface area contributed by atoms with Crippen molar-refractivity contribution >= 4 is 29.0 Å². The summed E-state index contributed by atoms with van der Waals surface area (Å²) in [5, 5.41) is 13.2. The van der Waals surface area contributed by atoms with E-state index in [4.69, 9.17) is 4.74 Å². The monoisotopic (exact) mass is 442 g/mol. The van der Waals surface area contributed by atoms with Crippen molar-refractivity contribution in [3.63, 3.8) is 0 Å². The van der Waals surface area contributed by atoms with Crippen LogP contribution in [0.5, 0.6) is 5.75 Å². The van der Waals surface area contributed by atoms with E-state index in [9.17, 15) is 28.1 Å². The molecule has 1 aromatic heterocycles. The third-order valence-corrected chi connectivity index (χ3v) is 5.28. The van der Waals surface area contributed by atoms with Gasteiger partial charge in [-0.3, -0.25) is 14.9 Å². The van der Waals surface area contributed by atoms with Crippen molar-refractivity contribution in [2.45, 2.75) is 37.0 Å². The van der Waals surface area contributed by atoms with Crippen molar-refractivity contribution in [1.29, 1.82) is 0 Å². The average Bonchev–Trinajstić information content (AvgIpc) is 2.71. The highest BCUT2D eigenvalue weighted by atomic mass is 32.2. The number of aryl methyl sites for hydroxylation is 1. The maximum atomic E-state index is 13.4. The lowest BCUT2D eigenvalue weighted by molar-refractivity contribution is -0.384. The quantitative estimate of drug-likeness (QED) is 0.312. The van der Waals surface area contributed by atoms with E-state index in [1.54, 1.807) is 0 Å². The number of aromatic nitrogens is 2. The van der Waals surface area contributed by atoms with Gasteiger partial charge in [-0.25, -0.2) is 9.97 Å². The van der Waals surface area contributed by atoms with Gasteiger partial charge in [0.1, 0.15) is 5.75 Å². The second-order valence-electron chi connectivity index (χ2n) is 6.46. The molecule has 0 spiro atoms. The molecular formula is C18H17F3N4O4S. The van der Waals surface area contributed by atoms with Crippen LogP contribution in [0.3, 0.4) is 0 Å². The van der Waals surface area contributed by atoms with Gasteiger partial charge in [0.15, 0.2) is 10.9 Å². The lowest BCUT2D eigenvalue weighted by Crippen LogP contribution is -2.20. The van der Waals surface area contributed by atoms with E-state index in [0.29, 0.717) is 18.5 Å². The molecule has 0 saturated carbocycles. The standard InChI is InChI=1S/C18H17F3N4O4S/c1-29-14-8-10(25(27)28)6-7-13(14)22-15(26)9-30-17-23-12-5-3-2-4-11(12)16(24-17)18(19,20)21/h6-8H,2-5,9H2,1H3,(H,22,26). The van der Waals surface area contributed by atoms with Crippen molar-refractivity contribution < 1.29 is 27.6 Å². The highest BCUT2D eigenvalue weighted by molar-refractivity contribution is 7.99. The molecule has 1 aromatic carbocycles. The van der Waals surface area contributed by atoms with Gasteiger partial charge in [0.2, 0.25) is 5.91 Å². The van der Waals surface area contributed by atoms with Crippen LogP contribution < -0.4 is 10.1 Å². The number of nitrogens with one attached hydrogen (secondary N) is 1. The second kappa shape index (κ2) is 8.86. The van der Waals surface area contributed by atoms with Crippen LogP contribution in [0.4, 0.5) is 24.5 Å². The molecule has 1 amide bonds. The molecule has 3 rings (SSSR count). The predicted molar refractivity (Wildman–Crippen MR) is 103 cm³/mol. The summed E-state index contributed by atoms with van der Waals surface area (Å²) in [4.78, 5) is 30.3. The number of nitro benzene ring substituents is 1. The molecule has 0 bridgehead atoms. The van der Waals surface area contributed by atoms with Crippen molar-refractivity contribution in [1.82, 2.24) is 9.97 Å². The number of anilines is 1. The number of hydrogen-bond donors (Lipinski definition) is 1. The Bertz CT molecular complexity index is 985. The Morgan fingerprint density at radius 1 is 1.30 bits per heavy atom. The minimum Gasteiger partial charge on any atom is -0.494 e. The highest BCUT2D eigenvalue weighted by Crippen LogP contribution is 2.36. The number of non-ortho nitro benzene ring substituents is 1. The lowest BCUT2D eigenvalue weighted by atomic mass is 9.94. The fourth-order valence-corrected chi connectivity index (χ4v) is 3.75. The number of hydrogen-bond acceptors (Lipinski definition) is 7. The van der Waals surface area contributed by atoms with Gasteiger partial charge >= 0.3 is 6.18 Å². The fraction of sp³-hybridized carbons (Fsp3) is 0.389. The molecule has 0 fully saturated rings. The summed E-state index contributed by atoms with van der Waals surface area (Å²) in [6.45, 7) is 0. The molecule has 30 heavy (non-hydrogen) atoms. The van der Waals surface area contributed by atoms with Crippen molar-refractivity contribution in [3.8, 4) is 5.75 Å². The first-order valence-electron chi connectivity index (χ1n) is 8.91. The summed E-state index contributed by atoms with van der Waals surface area (Å²) in [6.07, 6.45) is -2.44. The van der Waals surface area contributed by atoms with Crippen LogP contribution >= 0.6 is 11.8 Å². The first kappa shape index (κ1) is 21.8. The maximum Gasteiger partial charge on any atom is 0.433 e. The van der Waals surface area contributed by atoms with Gasteiger partial charge in [-0.1, -0.05) is 11.8 Å². The largest absolute Gasteiger partial charge is 0.494 e. The van der Waals surface area contributed by atoms with E-state index in [1.165, 1.54) is 19.2 Å². The number of methoxy groups -OCH3 is 1. The average molecular weight is 442 g/mol. The normalized spacial score (nSPS) is 13.5. The summed E-state index contributed by atoms with van der Waals surface area (Å²) in [6, 6.07) is 3.68. The Morgan fingerprint density at radius 3 is 2.70 bits per heavy atom. The number of alkyl halides is 3. The van der Waals surface area contributed by atoms with Crippen molar-refractivity contribution in [2.75, 3.05) is 18.2 Å². The van der Waals surface area contributed by atoms with Gasteiger partial charge in [0.05, 0.1) is 29.5 Å². The van der Waals surface area contributed by atoms with Crippen molar-refractivity contribution in [2.24, 2.45) is 0 Å². The van der Waals surface area contributed by atoms with E-state index in [-0.39, 0.29) is 40.0 Å². The third kappa shape index (κ3) is 4.99. The van der Waals surface area contributed by atoms with Crippen LogP contribution in [0.2, 0.25) is 0 Å². The van der Waals surface area contributed by atoms with Gasteiger partial charge in [-0.2, -0.15) is 13.2 Å². The molecule has 1 N–H and O–H groups in total. The number of nitrogens with zero attached hydrogens (tertiary/aromatic N) is 3. The maximum absolute atomic E-state index is 13.4. The molecular weight excluding hydrogens is 425 g/mol. The van der Waals surface area contributed by atoms with Gasteiger partial charge in [0.25, 0.3) is 5.69 Å². The summed E-state index contributed by atoms with van der Waals surface area (Å²) >= 11 is 0.789. The second-order valence-corrected chi connectivity index (χ2v) is 7.41. The summed E-state index contributed by atoms with van der Waals surface area (Å²) in [5.74, 6) is -0.690. The molecule has 0 unspecified atom stereocenters. The van der Waals surface area contributed by atoms with E-state index >= 15 is 0 Å². The van der Waals surface area contributed by atoms with Crippen LogP contribution in [0.15, 0.2) is 23.4 Å². The van der Waals surface area contributed by atoms with Gasteiger partial charge in [0, 0.05) is 17.3 Å². The summed E-state index contributed by atoms with van der Waals surface area (Å²) in [5.41, 5.74) is -0.425. The van der Waals surface area contributed by atoms with Gasteiger partial charge < -0.3 is 10.1 Å². The number of thioether (sulfide) groups is 1. The topological polar surface area (TPSA) is 107 Å². The fourth-order valence-electron chi connectivity index (χ4n) is 3.08. The molecule has 0 atom stereocenters. The number of halogens is 3. The van der Waals surface area contributed by atoms with E-state index < -0.39 is 22.7 Å². The van der Waals surface area contributed by atoms with Crippen LogP contribution in [-0.2, 0) is 23.8 Å². The number of fused-ring (bicyclic) bond motifs is 1. The van der Waals surface area contributed by atoms with E-state index in [2.05, 4.69) is 15.3 Å². The lowest BCUT2D eigenvalue weighted by Gasteiger charge is -2.20. The Kier molecular flexibility index (Phi) is 6.44. The smallest absolute Gasteiger partial charge is 0.433 e. The van der Waals surface area contributed by atoms with Crippen LogP contribution in [0, 0.1) is 10.1 Å². The first-order valence-corrected chi connectivity index (χ1v) is 9.89. The zero-order valence-corrected chi connectivity index (χ0v) is 16.6. The molecule has 12 heteroatoms. The van der Waals surface area contributed by atoms with Gasteiger partial charge in [-0.15, -0.1) is 0 Å². The van der Waals surface area contributed by atoms with Crippen LogP contribution in [0.1, 0.15) is 29.8 Å². The zero-order chi connectivity index (χ0) is 21.9. The number of carbonyl (C=O) groups is 1. The number of amides is 1. The SMILES string of the molecule is COc1cc([N+](=O)[O-])ccc1NC(=O)CSc1nc2c(c(C(F)(F)F)n1)CCCC2. The summed E-state index contributed by atoms with van der Waals surface area (Å²) < 4.78 is 45.2. The zero-order valence-electron chi connectivity index (χ0n) is 15.8.